The first-order valence-electron chi connectivity index (χ1n) is 6.86. The molecule has 3 nitrogen and oxygen atoms in total. The largest absolute Gasteiger partial charge is 0.508 e. The van der Waals surface area contributed by atoms with Crippen molar-refractivity contribution in [1.82, 2.24) is 9.88 Å². The smallest absolute Gasteiger partial charge is 0.115 e. The fourth-order valence-corrected chi connectivity index (χ4v) is 2.16. The maximum atomic E-state index is 9.46. The van der Waals surface area contributed by atoms with Crippen molar-refractivity contribution in [1.29, 1.82) is 0 Å². The van der Waals surface area contributed by atoms with Crippen molar-refractivity contribution >= 4 is 0 Å². The Labute approximate surface area is 114 Å². The number of aromatic hydroxyl groups is 1. The van der Waals surface area contributed by atoms with Crippen molar-refractivity contribution in [2.45, 2.75) is 32.9 Å². The van der Waals surface area contributed by atoms with Gasteiger partial charge in [-0.2, -0.15) is 0 Å². The van der Waals surface area contributed by atoms with Gasteiger partial charge in [-0.3, -0.25) is 0 Å². The predicted octanol–water partition coefficient (Wildman–Crippen LogP) is 3.30. The van der Waals surface area contributed by atoms with Crippen LogP contribution in [0.15, 0.2) is 42.7 Å². The first-order chi connectivity index (χ1) is 9.19. The molecule has 0 amide bonds. The molecule has 0 saturated heterocycles. The SMILES string of the molecule is CCCNC(C)c1ccn(Cc2cccc(O)c2)c1. The molecule has 19 heavy (non-hydrogen) atoms. The molecule has 3 heteroatoms. The predicted molar refractivity (Wildman–Crippen MR) is 78.3 cm³/mol. The van der Waals surface area contributed by atoms with E-state index >= 15 is 0 Å². The maximum absolute atomic E-state index is 9.46. The van der Waals surface area contributed by atoms with E-state index in [1.165, 1.54) is 5.56 Å². The number of benzene rings is 1. The number of phenols is 1. The molecule has 0 bridgehead atoms. The minimum absolute atomic E-state index is 0.322. The van der Waals surface area contributed by atoms with Gasteiger partial charge in [0.05, 0.1) is 0 Å². The summed E-state index contributed by atoms with van der Waals surface area (Å²) in [4.78, 5) is 0. The molecule has 0 saturated carbocycles. The highest BCUT2D eigenvalue weighted by atomic mass is 16.3. The molecule has 1 aromatic heterocycles. The van der Waals surface area contributed by atoms with Crippen LogP contribution in [0.3, 0.4) is 0 Å². The van der Waals surface area contributed by atoms with E-state index in [1.54, 1.807) is 12.1 Å². The topological polar surface area (TPSA) is 37.2 Å². The molecule has 0 spiro atoms. The Morgan fingerprint density at radius 2 is 2.16 bits per heavy atom. The van der Waals surface area contributed by atoms with Crippen molar-refractivity contribution < 1.29 is 5.11 Å². The van der Waals surface area contributed by atoms with Crippen LogP contribution in [0.25, 0.3) is 0 Å². The van der Waals surface area contributed by atoms with Gasteiger partial charge in [-0.05, 0) is 49.2 Å². The zero-order chi connectivity index (χ0) is 13.7. The monoisotopic (exact) mass is 258 g/mol. The molecule has 1 atom stereocenters. The zero-order valence-electron chi connectivity index (χ0n) is 11.6. The third-order valence-electron chi connectivity index (χ3n) is 3.25. The average molecular weight is 258 g/mol. The van der Waals surface area contributed by atoms with Gasteiger partial charge in [0.25, 0.3) is 0 Å². The van der Waals surface area contributed by atoms with E-state index in [1.807, 2.05) is 12.1 Å². The number of nitrogens with zero attached hydrogens (tertiary/aromatic N) is 1. The molecular weight excluding hydrogens is 236 g/mol. The fraction of sp³-hybridized carbons (Fsp3) is 0.375. The van der Waals surface area contributed by atoms with Gasteiger partial charge >= 0.3 is 0 Å². The molecule has 102 valence electrons. The Morgan fingerprint density at radius 3 is 2.89 bits per heavy atom. The Balaban J connectivity index is 2.01. The normalized spacial score (nSPS) is 12.5. The summed E-state index contributed by atoms with van der Waals surface area (Å²) in [5, 5.41) is 12.9. The van der Waals surface area contributed by atoms with Crippen LogP contribution in [0.1, 0.15) is 37.4 Å². The molecule has 1 unspecified atom stereocenters. The number of hydrogen-bond donors (Lipinski definition) is 2. The minimum Gasteiger partial charge on any atom is -0.508 e. The highest BCUT2D eigenvalue weighted by molar-refractivity contribution is 5.27. The van der Waals surface area contributed by atoms with Crippen LogP contribution >= 0.6 is 0 Å². The molecule has 0 aliphatic heterocycles. The van der Waals surface area contributed by atoms with Crippen molar-refractivity contribution in [3.05, 3.63) is 53.9 Å². The molecule has 0 aliphatic rings. The summed E-state index contributed by atoms with van der Waals surface area (Å²) in [5.41, 5.74) is 2.41. The molecule has 0 radical (unpaired) electrons. The van der Waals surface area contributed by atoms with Crippen molar-refractivity contribution in [3.8, 4) is 5.75 Å². The lowest BCUT2D eigenvalue weighted by atomic mass is 10.2. The summed E-state index contributed by atoms with van der Waals surface area (Å²) >= 11 is 0. The third-order valence-corrected chi connectivity index (χ3v) is 3.25. The number of nitrogens with one attached hydrogen (secondary N) is 1. The third kappa shape index (κ3) is 3.86. The highest BCUT2D eigenvalue weighted by Gasteiger charge is 2.06. The fourth-order valence-electron chi connectivity index (χ4n) is 2.16. The molecule has 2 aromatic rings. The molecule has 1 heterocycles. The van der Waals surface area contributed by atoms with Crippen LogP contribution in [-0.2, 0) is 6.54 Å². The van der Waals surface area contributed by atoms with E-state index in [9.17, 15) is 5.11 Å². The summed E-state index contributed by atoms with van der Waals surface area (Å²) in [7, 11) is 0. The van der Waals surface area contributed by atoms with Crippen molar-refractivity contribution in [2.75, 3.05) is 6.54 Å². The Bertz CT molecular complexity index is 519. The molecule has 1 aromatic carbocycles. The minimum atomic E-state index is 0.322. The van der Waals surface area contributed by atoms with Crippen LogP contribution in [0.4, 0.5) is 0 Å². The lowest BCUT2D eigenvalue weighted by Gasteiger charge is -2.11. The van der Waals surface area contributed by atoms with Gasteiger partial charge in [-0.15, -0.1) is 0 Å². The first-order valence-corrected chi connectivity index (χ1v) is 6.86. The van der Waals surface area contributed by atoms with Crippen LogP contribution in [0.5, 0.6) is 5.75 Å². The molecule has 0 aliphatic carbocycles. The average Bonchev–Trinajstić information content (AvgIpc) is 2.84. The quantitative estimate of drug-likeness (QED) is 0.834. The second kappa shape index (κ2) is 6.43. The van der Waals surface area contributed by atoms with E-state index in [0.29, 0.717) is 11.8 Å². The van der Waals surface area contributed by atoms with Gasteiger partial charge in [-0.1, -0.05) is 19.1 Å². The van der Waals surface area contributed by atoms with Crippen LogP contribution in [0.2, 0.25) is 0 Å². The van der Waals surface area contributed by atoms with Crippen LogP contribution in [-0.4, -0.2) is 16.2 Å². The lowest BCUT2D eigenvalue weighted by Crippen LogP contribution is -2.18. The van der Waals surface area contributed by atoms with Gasteiger partial charge in [0, 0.05) is 25.0 Å². The Kier molecular flexibility index (Phi) is 4.63. The summed E-state index contributed by atoms with van der Waals surface area (Å²) in [6, 6.07) is 9.93. The summed E-state index contributed by atoms with van der Waals surface area (Å²) in [5.74, 6) is 0.322. The van der Waals surface area contributed by atoms with Crippen molar-refractivity contribution in [3.63, 3.8) is 0 Å². The van der Waals surface area contributed by atoms with Gasteiger partial charge in [0.15, 0.2) is 0 Å². The lowest BCUT2D eigenvalue weighted by molar-refractivity contribution is 0.474. The molecular formula is C16H22N2O. The molecule has 2 rings (SSSR count). The first kappa shape index (κ1) is 13.7. The highest BCUT2D eigenvalue weighted by Crippen LogP contribution is 2.16. The number of hydrogen-bond acceptors (Lipinski definition) is 2. The van der Waals surface area contributed by atoms with Gasteiger partial charge in [0.1, 0.15) is 5.75 Å². The summed E-state index contributed by atoms with van der Waals surface area (Å²) < 4.78 is 2.15. The molecule has 2 N–H and O–H groups in total. The molecule has 0 fully saturated rings. The van der Waals surface area contributed by atoms with Gasteiger partial charge in [0.2, 0.25) is 0 Å². The van der Waals surface area contributed by atoms with Gasteiger partial charge in [-0.25, -0.2) is 0 Å². The van der Waals surface area contributed by atoms with Crippen LogP contribution in [0, 0.1) is 0 Å². The standard InChI is InChI=1S/C16H22N2O/c1-3-8-17-13(2)15-7-9-18(12-15)11-14-5-4-6-16(19)10-14/h4-7,9-10,12-13,17,19H,3,8,11H2,1-2H3. The Morgan fingerprint density at radius 1 is 1.32 bits per heavy atom. The van der Waals surface area contributed by atoms with E-state index < -0.39 is 0 Å². The van der Waals surface area contributed by atoms with Gasteiger partial charge < -0.3 is 15.0 Å². The summed E-state index contributed by atoms with van der Waals surface area (Å²) in [6.45, 7) is 6.18. The van der Waals surface area contributed by atoms with E-state index in [0.717, 1.165) is 25.1 Å². The maximum Gasteiger partial charge on any atom is 0.115 e. The van der Waals surface area contributed by atoms with E-state index in [2.05, 4.69) is 42.2 Å². The van der Waals surface area contributed by atoms with E-state index in [4.69, 9.17) is 0 Å². The zero-order valence-corrected chi connectivity index (χ0v) is 11.6. The second-order valence-corrected chi connectivity index (χ2v) is 4.96. The Hall–Kier alpha value is -1.74. The second-order valence-electron chi connectivity index (χ2n) is 4.96. The van der Waals surface area contributed by atoms with Crippen LogP contribution < -0.4 is 5.32 Å². The number of rotatable bonds is 6. The summed E-state index contributed by atoms with van der Waals surface area (Å²) in [6.07, 6.45) is 5.40. The number of aromatic nitrogens is 1. The number of phenolic OH excluding ortho intramolecular Hbond substituents is 1. The van der Waals surface area contributed by atoms with E-state index in [-0.39, 0.29) is 0 Å². The van der Waals surface area contributed by atoms with Crippen molar-refractivity contribution in [2.24, 2.45) is 0 Å².